The number of carbonyl (C=O) groups excluding carboxylic acids is 1. The average molecular weight is 290 g/mol. The number of carboxylic acid groups (broad SMARTS) is 1. The zero-order chi connectivity index (χ0) is 15.6. The third-order valence-electron chi connectivity index (χ3n) is 4.55. The first kappa shape index (κ1) is 15.5. The number of aliphatic carboxylic acids is 1. The second-order valence-electron chi connectivity index (χ2n) is 6.03. The summed E-state index contributed by atoms with van der Waals surface area (Å²) in [5, 5.41) is 9.31. The Balaban J connectivity index is 2.13. The van der Waals surface area contributed by atoms with Gasteiger partial charge in [0, 0.05) is 19.4 Å². The van der Waals surface area contributed by atoms with Gasteiger partial charge in [0.05, 0.1) is 17.9 Å². The van der Waals surface area contributed by atoms with Crippen molar-refractivity contribution >= 4 is 11.9 Å². The first-order valence-corrected chi connectivity index (χ1v) is 7.31. The summed E-state index contributed by atoms with van der Waals surface area (Å²) in [6.45, 7) is 3.96. The lowest BCUT2D eigenvalue weighted by atomic mass is 9.94. The Kier molecular flexibility index (Phi) is 4.60. The smallest absolute Gasteiger partial charge is 0.307 e. The van der Waals surface area contributed by atoms with Crippen molar-refractivity contribution in [3.05, 3.63) is 30.1 Å². The Bertz CT molecular complexity index is 518. The van der Waals surface area contributed by atoms with Crippen LogP contribution in [0.1, 0.15) is 38.3 Å². The fourth-order valence-electron chi connectivity index (χ4n) is 3.16. The summed E-state index contributed by atoms with van der Waals surface area (Å²) in [5.74, 6) is -1.62. The molecule has 1 N–H and O–H groups in total. The molecule has 1 aromatic rings. The van der Waals surface area contributed by atoms with E-state index in [9.17, 15) is 14.7 Å². The first-order valence-electron chi connectivity index (χ1n) is 7.31. The predicted molar refractivity (Wildman–Crippen MR) is 78.4 cm³/mol. The highest BCUT2D eigenvalue weighted by molar-refractivity contribution is 5.85. The van der Waals surface area contributed by atoms with Crippen LogP contribution in [-0.4, -0.2) is 33.9 Å². The van der Waals surface area contributed by atoms with Gasteiger partial charge in [-0.15, -0.1) is 0 Å². The number of amides is 1. The zero-order valence-electron chi connectivity index (χ0n) is 12.7. The molecular weight excluding hydrogens is 268 g/mol. The van der Waals surface area contributed by atoms with Crippen LogP contribution >= 0.6 is 0 Å². The summed E-state index contributed by atoms with van der Waals surface area (Å²) in [6, 6.07) is 3.66. The van der Waals surface area contributed by atoms with Gasteiger partial charge in [-0.25, -0.2) is 0 Å². The van der Waals surface area contributed by atoms with Crippen molar-refractivity contribution in [3.63, 3.8) is 0 Å². The minimum absolute atomic E-state index is 0.0731. The van der Waals surface area contributed by atoms with Gasteiger partial charge in [0.1, 0.15) is 0 Å². The molecule has 0 bridgehead atoms. The quantitative estimate of drug-likeness (QED) is 0.924. The Labute approximate surface area is 125 Å². The number of rotatable bonds is 4. The topological polar surface area (TPSA) is 70.5 Å². The van der Waals surface area contributed by atoms with Gasteiger partial charge in [-0.2, -0.15) is 0 Å². The lowest BCUT2D eigenvalue weighted by Gasteiger charge is -2.29. The van der Waals surface area contributed by atoms with Crippen LogP contribution in [0.5, 0.6) is 0 Å². The number of carboxylic acids is 1. The Hall–Kier alpha value is -1.91. The Morgan fingerprint density at radius 2 is 1.86 bits per heavy atom. The van der Waals surface area contributed by atoms with Crippen molar-refractivity contribution in [3.8, 4) is 0 Å². The van der Waals surface area contributed by atoms with Crippen LogP contribution in [0.4, 0.5) is 0 Å². The van der Waals surface area contributed by atoms with Crippen LogP contribution in [0, 0.1) is 17.8 Å². The van der Waals surface area contributed by atoms with Crippen molar-refractivity contribution in [1.29, 1.82) is 0 Å². The molecule has 1 amide bonds. The molecule has 2 rings (SSSR count). The molecule has 0 aromatic carbocycles. The van der Waals surface area contributed by atoms with Crippen LogP contribution in [0.2, 0.25) is 0 Å². The summed E-state index contributed by atoms with van der Waals surface area (Å²) in [6.07, 6.45) is 4.64. The number of carbonyl (C=O) groups is 2. The fourth-order valence-corrected chi connectivity index (χ4v) is 3.16. The molecule has 21 heavy (non-hydrogen) atoms. The Morgan fingerprint density at radius 1 is 1.29 bits per heavy atom. The zero-order valence-corrected chi connectivity index (χ0v) is 12.7. The van der Waals surface area contributed by atoms with Crippen molar-refractivity contribution in [2.45, 2.75) is 32.7 Å². The molecule has 114 valence electrons. The highest BCUT2D eigenvalue weighted by atomic mass is 16.4. The van der Waals surface area contributed by atoms with Gasteiger partial charge in [-0.1, -0.05) is 6.92 Å². The van der Waals surface area contributed by atoms with Crippen LogP contribution in [0.3, 0.4) is 0 Å². The van der Waals surface area contributed by atoms with Gasteiger partial charge >= 0.3 is 5.97 Å². The van der Waals surface area contributed by atoms with E-state index in [2.05, 4.69) is 4.98 Å². The van der Waals surface area contributed by atoms with E-state index in [1.807, 2.05) is 26.0 Å². The number of hydrogen-bond donors (Lipinski definition) is 1. The van der Waals surface area contributed by atoms with Gasteiger partial charge in [0.15, 0.2) is 0 Å². The predicted octanol–water partition coefficient (Wildman–Crippen LogP) is 2.35. The van der Waals surface area contributed by atoms with Crippen LogP contribution in [-0.2, 0) is 9.59 Å². The molecule has 1 fully saturated rings. The number of aromatic nitrogens is 1. The van der Waals surface area contributed by atoms with Gasteiger partial charge in [-0.3, -0.25) is 14.6 Å². The normalized spacial score (nSPS) is 26.3. The largest absolute Gasteiger partial charge is 0.481 e. The summed E-state index contributed by atoms with van der Waals surface area (Å²) in [5.41, 5.74) is 0.999. The molecule has 1 aliphatic carbocycles. The minimum Gasteiger partial charge on any atom is -0.481 e. The standard InChI is InChI=1S/C16H22N2O3/c1-10-8-13(14(9-10)16(20)21)15(19)18(3)11(2)12-4-6-17-7-5-12/h4-7,10-11,13-14H,8-9H2,1-3H3,(H,20,21)/t10?,11?,13-,14+/m0/s1. The monoisotopic (exact) mass is 290 g/mol. The van der Waals surface area contributed by atoms with Gasteiger partial charge < -0.3 is 10.0 Å². The maximum absolute atomic E-state index is 12.7. The maximum Gasteiger partial charge on any atom is 0.307 e. The molecule has 4 atom stereocenters. The number of pyridine rings is 1. The van der Waals surface area contributed by atoms with E-state index in [0.29, 0.717) is 12.8 Å². The van der Waals surface area contributed by atoms with E-state index in [-0.39, 0.29) is 17.9 Å². The van der Waals surface area contributed by atoms with Crippen molar-refractivity contribution in [1.82, 2.24) is 9.88 Å². The van der Waals surface area contributed by atoms with E-state index in [4.69, 9.17) is 0 Å². The molecule has 0 radical (unpaired) electrons. The van der Waals surface area contributed by atoms with Gasteiger partial charge in [0.2, 0.25) is 5.91 Å². The SMILES string of the molecule is CC1C[C@H](C(=O)N(C)C(C)c2ccncc2)[C@H](C(=O)O)C1. The first-order chi connectivity index (χ1) is 9.91. The van der Waals surface area contributed by atoms with Crippen LogP contribution in [0.15, 0.2) is 24.5 Å². The molecule has 0 aliphatic heterocycles. The number of nitrogens with zero attached hydrogens (tertiary/aromatic N) is 2. The molecule has 5 heteroatoms. The third-order valence-corrected chi connectivity index (χ3v) is 4.55. The lowest BCUT2D eigenvalue weighted by molar-refractivity contribution is -0.149. The molecule has 0 spiro atoms. The minimum atomic E-state index is -0.859. The van der Waals surface area contributed by atoms with E-state index in [1.54, 1.807) is 24.3 Å². The maximum atomic E-state index is 12.7. The Morgan fingerprint density at radius 3 is 2.43 bits per heavy atom. The molecule has 1 aliphatic rings. The van der Waals surface area contributed by atoms with E-state index >= 15 is 0 Å². The lowest BCUT2D eigenvalue weighted by Crippen LogP contribution is -2.38. The van der Waals surface area contributed by atoms with Crippen LogP contribution < -0.4 is 0 Å². The average Bonchev–Trinajstić information content (AvgIpc) is 2.88. The van der Waals surface area contributed by atoms with Crippen LogP contribution in [0.25, 0.3) is 0 Å². The molecule has 1 saturated carbocycles. The molecule has 1 heterocycles. The summed E-state index contributed by atoms with van der Waals surface area (Å²) in [7, 11) is 1.75. The van der Waals surface area contributed by atoms with E-state index in [0.717, 1.165) is 5.56 Å². The fraction of sp³-hybridized carbons (Fsp3) is 0.562. The molecule has 2 unspecified atom stereocenters. The summed E-state index contributed by atoms with van der Waals surface area (Å²) >= 11 is 0. The summed E-state index contributed by atoms with van der Waals surface area (Å²) < 4.78 is 0. The second-order valence-corrected chi connectivity index (χ2v) is 6.03. The van der Waals surface area contributed by atoms with E-state index < -0.39 is 17.8 Å². The van der Waals surface area contributed by atoms with Gasteiger partial charge in [0.25, 0.3) is 0 Å². The highest BCUT2D eigenvalue weighted by Gasteiger charge is 2.42. The molecular formula is C16H22N2O3. The third kappa shape index (κ3) is 3.23. The van der Waals surface area contributed by atoms with Crippen molar-refractivity contribution in [2.24, 2.45) is 17.8 Å². The van der Waals surface area contributed by atoms with Crippen molar-refractivity contribution < 1.29 is 14.7 Å². The number of hydrogen-bond acceptors (Lipinski definition) is 3. The van der Waals surface area contributed by atoms with Gasteiger partial charge in [-0.05, 0) is 43.4 Å². The highest BCUT2D eigenvalue weighted by Crippen LogP contribution is 2.38. The molecule has 0 saturated heterocycles. The molecule has 1 aromatic heterocycles. The van der Waals surface area contributed by atoms with E-state index in [1.165, 1.54) is 0 Å². The summed E-state index contributed by atoms with van der Waals surface area (Å²) in [4.78, 5) is 29.6. The second kappa shape index (κ2) is 6.24. The van der Waals surface area contributed by atoms with Crippen molar-refractivity contribution in [2.75, 3.05) is 7.05 Å². The molecule has 5 nitrogen and oxygen atoms in total.